The van der Waals surface area contributed by atoms with Gasteiger partial charge in [0, 0.05) is 31.9 Å². The van der Waals surface area contributed by atoms with Crippen molar-refractivity contribution in [2.45, 2.75) is 11.4 Å². The summed E-state index contributed by atoms with van der Waals surface area (Å²) in [6.07, 6.45) is 0. The topological polar surface area (TPSA) is 102 Å². The molecule has 0 radical (unpaired) electrons. The van der Waals surface area contributed by atoms with Crippen LogP contribution in [-0.4, -0.2) is 23.5 Å². The molecule has 0 saturated heterocycles. The highest BCUT2D eigenvalue weighted by Gasteiger charge is 2.17. The molecule has 32 heavy (non-hydrogen) atoms. The molecule has 1 amide bonds. The van der Waals surface area contributed by atoms with Crippen molar-refractivity contribution < 1.29 is 13.2 Å². The van der Waals surface area contributed by atoms with E-state index >= 15 is 0 Å². The van der Waals surface area contributed by atoms with E-state index in [1.54, 1.807) is 38.4 Å². The monoisotopic (exact) mass is 450 g/mol. The minimum atomic E-state index is -3.79. The molecule has 2 N–H and O–H groups in total. The molecule has 0 aliphatic rings. The Labute approximate surface area is 185 Å². The Balaban J connectivity index is 1.54. The molecule has 1 heterocycles. The van der Waals surface area contributed by atoms with Gasteiger partial charge in [-0.1, -0.05) is 36.4 Å². The second-order valence-electron chi connectivity index (χ2n) is 7.40. The standard InChI is InChI=1S/C23H22N4O4S/c1-26-20-12-11-18(14-21(20)27(2)23(26)29)25-22(28)17-9-6-10-19(13-17)32(30,31)24-15-16-7-4-3-5-8-16/h3-14,24H,15H2,1-2H3,(H,25,28). The zero-order valence-electron chi connectivity index (χ0n) is 17.6. The summed E-state index contributed by atoms with van der Waals surface area (Å²) in [7, 11) is -0.454. The van der Waals surface area contributed by atoms with Crippen LogP contribution in [-0.2, 0) is 30.7 Å². The zero-order valence-corrected chi connectivity index (χ0v) is 18.4. The van der Waals surface area contributed by atoms with Gasteiger partial charge in [-0.2, -0.15) is 0 Å². The number of rotatable bonds is 6. The second kappa shape index (κ2) is 8.45. The van der Waals surface area contributed by atoms with Crippen LogP contribution in [0.1, 0.15) is 15.9 Å². The number of imidazole rings is 1. The van der Waals surface area contributed by atoms with Crippen molar-refractivity contribution in [1.82, 2.24) is 13.9 Å². The molecule has 0 fully saturated rings. The Bertz CT molecular complexity index is 1470. The molecule has 9 heteroatoms. The van der Waals surface area contributed by atoms with Crippen molar-refractivity contribution in [1.29, 1.82) is 0 Å². The maximum Gasteiger partial charge on any atom is 0.328 e. The quantitative estimate of drug-likeness (QED) is 0.471. The molecular formula is C23H22N4O4S. The fourth-order valence-corrected chi connectivity index (χ4v) is 4.51. The maximum absolute atomic E-state index is 12.8. The van der Waals surface area contributed by atoms with Crippen LogP contribution in [0.2, 0.25) is 0 Å². The van der Waals surface area contributed by atoms with Gasteiger partial charge in [0.2, 0.25) is 10.0 Å². The van der Waals surface area contributed by atoms with Crippen LogP contribution < -0.4 is 15.7 Å². The number of fused-ring (bicyclic) bond motifs is 1. The molecular weight excluding hydrogens is 428 g/mol. The smallest absolute Gasteiger partial charge is 0.322 e. The van der Waals surface area contributed by atoms with Crippen molar-refractivity contribution in [3.63, 3.8) is 0 Å². The van der Waals surface area contributed by atoms with Gasteiger partial charge in [0.1, 0.15) is 0 Å². The molecule has 1 aromatic heterocycles. The third-order valence-electron chi connectivity index (χ3n) is 5.25. The van der Waals surface area contributed by atoms with Gasteiger partial charge in [-0.15, -0.1) is 0 Å². The van der Waals surface area contributed by atoms with E-state index in [0.29, 0.717) is 11.2 Å². The second-order valence-corrected chi connectivity index (χ2v) is 9.16. The number of carbonyl (C=O) groups excluding carboxylic acids is 1. The van der Waals surface area contributed by atoms with Crippen molar-refractivity contribution in [3.8, 4) is 0 Å². The maximum atomic E-state index is 12.8. The lowest BCUT2D eigenvalue weighted by atomic mass is 10.2. The van der Waals surface area contributed by atoms with Gasteiger partial charge in [-0.25, -0.2) is 17.9 Å². The number of anilines is 1. The first-order chi connectivity index (χ1) is 15.3. The Morgan fingerprint density at radius 3 is 2.34 bits per heavy atom. The number of nitrogens with one attached hydrogen (secondary N) is 2. The van der Waals surface area contributed by atoms with Crippen LogP contribution in [0.4, 0.5) is 5.69 Å². The molecule has 0 spiro atoms. The van der Waals surface area contributed by atoms with E-state index < -0.39 is 15.9 Å². The first kappa shape index (κ1) is 21.5. The van der Waals surface area contributed by atoms with Crippen LogP contribution in [0.15, 0.2) is 82.5 Å². The SMILES string of the molecule is Cn1c(=O)n(C)c2cc(NC(=O)c3cccc(S(=O)(=O)NCc4ccccc4)c3)ccc21. The summed E-state index contributed by atoms with van der Waals surface area (Å²) < 4.78 is 30.9. The van der Waals surface area contributed by atoms with Crippen LogP contribution in [0, 0.1) is 0 Å². The van der Waals surface area contributed by atoms with Crippen LogP contribution in [0.3, 0.4) is 0 Å². The minimum absolute atomic E-state index is 0.00184. The molecule has 0 bridgehead atoms. The van der Waals surface area contributed by atoms with Crippen LogP contribution in [0.25, 0.3) is 11.0 Å². The van der Waals surface area contributed by atoms with E-state index in [-0.39, 0.29) is 22.7 Å². The molecule has 0 aliphatic carbocycles. The number of sulfonamides is 1. The van der Waals surface area contributed by atoms with E-state index in [2.05, 4.69) is 10.0 Å². The van der Waals surface area contributed by atoms with Gasteiger partial charge in [-0.3, -0.25) is 13.9 Å². The van der Waals surface area contributed by atoms with Crippen molar-refractivity contribution in [2.75, 3.05) is 5.32 Å². The van der Waals surface area contributed by atoms with E-state index in [9.17, 15) is 18.0 Å². The molecule has 0 aliphatic heterocycles. The molecule has 164 valence electrons. The Kier molecular flexibility index (Phi) is 5.68. The number of aryl methyl sites for hydroxylation is 2. The number of hydrogen-bond acceptors (Lipinski definition) is 4. The number of benzene rings is 3. The fraction of sp³-hybridized carbons (Fsp3) is 0.130. The molecule has 3 aromatic carbocycles. The normalized spacial score (nSPS) is 11.6. The summed E-state index contributed by atoms with van der Waals surface area (Å²) >= 11 is 0. The molecule has 4 rings (SSSR count). The van der Waals surface area contributed by atoms with Gasteiger partial charge in [0.15, 0.2) is 0 Å². The number of amides is 1. The molecule has 0 unspecified atom stereocenters. The molecule has 8 nitrogen and oxygen atoms in total. The van der Waals surface area contributed by atoms with Crippen LogP contribution in [0.5, 0.6) is 0 Å². The Hall–Kier alpha value is -3.69. The highest BCUT2D eigenvalue weighted by molar-refractivity contribution is 7.89. The van der Waals surface area contributed by atoms with Gasteiger partial charge in [-0.05, 0) is 42.0 Å². The average molecular weight is 451 g/mol. The highest BCUT2D eigenvalue weighted by atomic mass is 32.2. The Morgan fingerprint density at radius 1 is 0.875 bits per heavy atom. The molecule has 0 atom stereocenters. The van der Waals surface area contributed by atoms with Gasteiger partial charge in [0.05, 0.1) is 15.9 Å². The lowest BCUT2D eigenvalue weighted by molar-refractivity contribution is 0.102. The fourth-order valence-electron chi connectivity index (χ4n) is 3.45. The lowest BCUT2D eigenvalue weighted by Crippen LogP contribution is -2.23. The summed E-state index contributed by atoms with van der Waals surface area (Å²) in [6.45, 7) is 0.148. The Morgan fingerprint density at radius 2 is 1.59 bits per heavy atom. The van der Waals surface area contributed by atoms with Gasteiger partial charge >= 0.3 is 5.69 Å². The average Bonchev–Trinajstić information content (AvgIpc) is 3.02. The minimum Gasteiger partial charge on any atom is -0.322 e. The summed E-state index contributed by atoms with van der Waals surface area (Å²) in [4.78, 5) is 24.9. The largest absolute Gasteiger partial charge is 0.328 e. The van der Waals surface area contributed by atoms with Gasteiger partial charge in [0.25, 0.3) is 5.91 Å². The van der Waals surface area contributed by atoms with E-state index in [1.165, 1.54) is 27.3 Å². The first-order valence-electron chi connectivity index (χ1n) is 9.87. The summed E-state index contributed by atoms with van der Waals surface area (Å²) in [5.74, 6) is -0.453. The predicted molar refractivity (Wildman–Crippen MR) is 123 cm³/mol. The lowest BCUT2D eigenvalue weighted by Gasteiger charge is -2.10. The van der Waals surface area contributed by atoms with E-state index in [4.69, 9.17) is 0 Å². The number of hydrogen-bond donors (Lipinski definition) is 2. The zero-order chi connectivity index (χ0) is 22.9. The predicted octanol–water partition coefficient (Wildman–Crippen LogP) is 2.61. The molecule has 0 saturated carbocycles. The number of aromatic nitrogens is 2. The molecule has 4 aromatic rings. The number of nitrogens with zero attached hydrogens (tertiary/aromatic N) is 2. The third kappa shape index (κ3) is 4.20. The first-order valence-corrected chi connectivity index (χ1v) is 11.3. The number of carbonyl (C=O) groups is 1. The van der Waals surface area contributed by atoms with E-state index in [1.807, 2.05) is 30.3 Å². The summed E-state index contributed by atoms with van der Waals surface area (Å²) in [6, 6.07) is 20.2. The van der Waals surface area contributed by atoms with E-state index in [0.717, 1.165) is 11.1 Å². The summed E-state index contributed by atoms with van der Waals surface area (Å²) in [5.41, 5.74) is 2.79. The third-order valence-corrected chi connectivity index (χ3v) is 6.64. The van der Waals surface area contributed by atoms with Crippen molar-refractivity contribution >= 4 is 32.7 Å². The van der Waals surface area contributed by atoms with Crippen LogP contribution >= 0.6 is 0 Å². The van der Waals surface area contributed by atoms with Crippen molar-refractivity contribution in [3.05, 3.63) is 94.4 Å². The van der Waals surface area contributed by atoms with Gasteiger partial charge < -0.3 is 5.32 Å². The summed E-state index contributed by atoms with van der Waals surface area (Å²) in [5, 5.41) is 2.76. The highest BCUT2D eigenvalue weighted by Crippen LogP contribution is 2.19. The van der Waals surface area contributed by atoms with Crippen molar-refractivity contribution in [2.24, 2.45) is 14.1 Å².